The monoisotopic (exact) mass is 439 g/mol. The fourth-order valence-electron chi connectivity index (χ4n) is 4.80. The summed E-state index contributed by atoms with van der Waals surface area (Å²) in [5.74, 6) is 3.93. The van der Waals surface area contributed by atoms with E-state index in [2.05, 4.69) is 66.9 Å². The summed E-state index contributed by atoms with van der Waals surface area (Å²) in [5.41, 5.74) is 5.65. The molecule has 0 fully saturated rings. The average Bonchev–Trinajstić information content (AvgIpc) is 2.66. The standard InChI is InChI=1S/C25H49NO3Si/c1-11-13-25(8,15-20-30(21(2)3,22(4)5)23(6)7)14-12-24(27)26(16-18-28-9)17-19-29-10/h21-23H,11-14,16-19H2,1-10H3/t25-/m0/s1. The van der Waals surface area contributed by atoms with E-state index in [-0.39, 0.29) is 11.3 Å². The van der Waals surface area contributed by atoms with Crippen LogP contribution in [0.4, 0.5) is 0 Å². The van der Waals surface area contributed by atoms with Crippen molar-refractivity contribution in [3.05, 3.63) is 0 Å². The first-order valence-electron chi connectivity index (χ1n) is 11.8. The molecule has 5 heteroatoms. The smallest absolute Gasteiger partial charge is 0.222 e. The largest absolute Gasteiger partial charge is 0.383 e. The minimum atomic E-state index is -1.77. The molecule has 1 atom stereocenters. The van der Waals surface area contributed by atoms with Crippen LogP contribution >= 0.6 is 0 Å². The van der Waals surface area contributed by atoms with Crippen molar-refractivity contribution in [1.29, 1.82) is 0 Å². The Balaban J connectivity index is 5.56. The molecular formula is C25H49NO3Si. The van der Waals surface area contributed by atoms with Crippen molar-refractivity contribution in [3.8, 4) is 11.5 Å². The second kappa shape index (κ2) is 14.3. The van der Waals surface area contributed by atoms with Gasteiger partial charge in [0.25, 0.3) is 0 Å². The van der Waals surface area contributed by atoms with Crippen molar-refractivity contribution in [1.82, 2.24) is 4.90 Å². The molecule has 30 heavy (non-hydrogen) atoms. The SMILES string of the molecule is CCC[C@](C)(C#C[Si](C(C)C)(C(C)C)C(C)C)CCC(=O)N(CCOC)CCOC. The molecule has 176 valence electrons. The summed E-state index contributed by atoms with van der Waals surface area (Å²) in [6, 6.07) is 0. The van der Waals surface area contributed by atoms with Crippen LogP contribution in [0.3, 0.4) is 0 Å². The maximum Gasteiger partial charge on any atom is 0.222 e. The molecular weight excluding hydrogens is 390 g/mol. The summed E-state index contributed by atoms with van der Waals surface area (Å²) in [7, 11) is 1.57. The molecule has 0 rings (SSSR count). The van der Waals surface area contributed by atoms with Crippen molar-refractivity contribution in [3.63, 3.8) is 0 Å². The van der Waals surface area contributed by atoms with Gasteiger partial charge < -0.3 is 14.4 Å². The van der Waals surface area contributed by atoms with Crippen molar-refractivity contribution in [2.75, 3.05) is 40.5 Å². The van der Waals surface area contributed by atoms with E-state index in [1.54, 1.807) is 14.2 Å². The molecule has 0 aliphatic heterocycles. The molecule has 0 saturated heterocycles. The molecule has 0 N–H and O–H groups in total. The van der Waals surface area contributed by atoms with Crippen LogP contribution in [0.5, 0.6) is 0 Å². The molecule has 0 unspecified atom stereocenters. The highest BCUT2D eigenvalue weighted by Gasteiger charge is 2.42. The number of methoxy groups -OCH3 is 2. The molecule has 0 aromatic rings. The van der Waals surface area contributed by atoms with Gasteiger partial charge in [-0.1, -0.05) is 54.9 Å². The van der Waals surface area contributed by atoms with Gasteiger partial charge in [-0.15, -0.1) is 11.5 Å². The number of amides is 1. The van der Waals surface area contributed by atoms with Gasteiger partial charge in [-0.05, 0) is 36.4 Å². The van der Waals surface area contributed by atoms with Crippen LogP contribution in [-0.4, -0.2) is 59.4 Å². The van der Waals surface area contributed by atoms with Crippen LogP contribution in [0, 0.1) is 16.9 Å². The van der Waals surface area contributed by atoms with Gasteiger partial charge in [-0.2, -0.15) is 0 Å². The lowest BCUT2D eigenvalue weighted by molar-refractivity contribution is -0.133. The molecule has 0 heterocycles. The first-order chi connectivity index (χ1) is 14.0. The van der Waals surface area contributed by atoms with E-state index >= 15 is 0 Å². The fourth-order valence-corrected chi connectivity index (χ4v) is 10.2. The van der Waals surface area contributed by atoms with Gasteiger partial charge in [-0.25, -0.2) is 0 Å². The van der Waals surface area contributed by atoms with Crippen LogP contribution < -0.4 is 0 Å². The number of carbonyl (C=O) groups is 1. The lowest BCUT2D eigenvalue weighted by Crippen LogP contribution is -2.43. The van der Waals surface area contributed by atoms with E-state index in [0.29, 0.717) is 49.3 Å². The van der Waals surface area contributed by atoms with Crippen molar-refractivity contribution in [2.45, 2.75) is 97.7 Å². The molecule has 1 amide bonds. The van der Waals surface area contributed by atoms with E-state index in [4.69, 9.17) is 9.47 Å². The molecule has 0 aromatic heterocycles. The first kappa shape index (κ1) is 29.2. The van der Waals surface area contributed by atoms with Crippen molar-refractivity contribution >= 4 is 14.0 Å². The topological polar surface area (TPSA) is 38.8 Å². The Kier molecular flexibility index (Phi) is 13.9. The maximum atomic E-state index is 12.9. The van der Waals surface area contributed by atoms with Gasteiger partial charge in [0.15, 0.2) is 0 Å². The van der Waals surface area contributed by atoms with Crippen molar-refractivity contribution < 1.29 is 14.3 Å². The van der Waals surface area contributed by atoms with E-state index in [0.717, 1.165) is 19.3 Å². The van der Waals surface area contributed by atoms with Gasteiger partial charge in [0.2, 0.25) is 5.91 Å². The Bertz CT molecular complexity index is 521. The zero-order chi connectivity index (χ0) is 23.4. The molecule has 0 spiro atoms. The Morgan fingerprint density at radius 2 is 1.40 bits per heavy atom. The van der Waals surface area contributed by atoms with Gasteiger partial charge in [-0.3, -0.25) is 4.79 Å². The fraction of sp³-hybridized carbons (Fsp3) is 0.880. The van der Waals surface area contributed by atoms with Crippen LogP contribution in [0.1, 0.15) is 81.1 Å². The van der Waals surface area contributed by atoms with Crippen LogP contribution in [-0.2, 0) is 14.3 Å². The number of hydrogen-bond donors (Lipinski definition) is 0. The predicted molar refractivity (Wildman–Crippen MR) is 131 cm³/mol. The number of rotatable bonds is 14. The molecule has 0 aromatic carbocycles. The second-order valence-corrected chi connectivity index (χ2v) is 15.4. The first-order valence-corrected chi connectivity index (χ1v) is 14.0. The summed E-state index contributed by atoms with van der Waals surface area (Å²) in [4.78, 5) is 14.8. The third kappa shape index (κ3) is 8.73. The molecule has 0 aliphatic carbocycles. The molecule has 0 bridgehead atoms. The second-order valence-electron chi connectivity index (χ2n) is 9.82. The van der Waals surface area contributed by atoms with Crippen LogP contribution in [0.15, 0.2) is 0 Å². The molecule has 0 radical (unpaired) electrons. The number of hydrogen-bond acceptors (Lipinski definition) is 3. The Morgan fingerprint density at radius 3 is 1.77 bits per heavy atom. The van der Waals surface area contributed by atoms with E-state index in [1.807, 2.05) is 4.90 Å². The highest BCUT2D eigenvalue weighted by atomic mass is 28.3. The summed E-state index contributed by atoms with van der Waals surface area (Å²) in [6.07, 6.45) is 3.44. The van der Waals surface area contributed by atoms with Gasteiger partial charge in [0, 0.05) is 39.1 Å². The number of ether oxygens (including phenoxy) is 2. The Hall–Kier alpha value is -0.833. The molecule has 0 aliphatic rings. The number of carbonyl (C=O) groups excluding carboxylic acids is 1. The van der Waals surface area contributed by atoms with Gasteiger partial charge in [0.05, 0.1) is 13.2 Å². The normalized spacial score (nSPS) is 14.0. The Morgan fingerprint density at radius 1 is 0.933 bits per heavy atom. The highest BCUT2D eigenvalue weighted by Crippen LogP contribution is 2.41. The van der Waals surface area contributed by atoms with Crippen molar-refractivity contribution in [2.24, 2.45) is 5.41 Å². The van der Waals surface area contributed by atoms with E-state index in [9.17, 15) is 4.79 Å². The van der Waals surface area contributed by atoms with E-state index in [1.165, 1.54) is 0 Å². The Labute approximate surface area is 188 Å². The minimum Gasteiger partial charge on any atom is -0.383 e. The summed E-state index contributed by atoms with van der Waals surface area (Å²) >= 11 is 0. The minimum absolute atomic E-state index is 0.116. The highest BCUT2D eigenvalue weighted by molar-refractivity contribution is 6.90. The predicted octanol–water partition coefficient (Wildman–Crippen LogP) is 5.92. The third-order valence-electron chi connectivity index (χ3n) is 6.62. The average molecular weight is 440 g/mol. The van der Waals surface area contributed by atoms with Gasteiger partial charge >= 0.3 is 0 Å². The zero-order valence-electron chi connectivity index (χ0n) is 21.6. The quantitative estimate of drug-likeness (QED) is 0.249. The van der Waals surface area contributed by atoms with E-state index < -0.39 is 8.07 Å². The van der Waals surface area contributed by atoms with Gasteiger partial charge in [0.1, 0.15) is 8.07 Å². The summed E-state index contributed by atoms with van der Waals surface area (Å²) in [5, 5.41) is 0. The zero-order valence-corrected chi connectivity index (χ0v) is 22.6. The third-order valence-corrected chi connectivity index (χ3v) is 12.9. The molecule has 0 saturated carbocycles. The summed E-state index contributed by atoms with van der Waals surface area (Å²) in [6.45, 7) is 20.9. The lowest BCUT2D eigenvalue weighted by atomic mass is 9.82. The van der Waals surface area contributed by atoms with Crippen LogP contribution in [0.2, 0.25) is 16.6 Å². The maximum absolute atomic E-state index is 12.9. The lowest BCUT2D eigenvalue weighted by Gasteiger charge is -2.38. The number of nitrogens with zero attached hydrogens (tertiary/aromatic N) is 1. The van der Waals surface area contributed by atoms with Crippen LogP contribution in [0.25, 0.3) is 0 Å². The molecule has 4 nitrogen and oxygen atoms in total. The summed E-state index contributed by atoms with van der Waals surface area (Å²) < 4.78 is 10.4.